The van der Waals surface area contributed by atoms with E-state index >= 15 is 0 Å². The molecule has 3 heteroatoms. The summed E-state index contributed by atoms with van der Waals surface area (Å²) in [4.78, 5) is 11.1. The summed E-state index contributed by atoms with van der Waals surface area (Å²) < 4.78 is 5.49. The summed E-state index contributed by atoms with van der Waals surface area (Å²) in [7, 11) is 0. The van der Waals surface area contributed by atoms with E-state index in [-0.39, 0.29) is 5.97 Å². The van der Waals surface area contributed by atoms with Crippen LogP contribution in [0.15, 0.2) is 42.5 Å². The zero-order valence-electron chi connectivity index (χ0n) is 11.2. The molecule has 1 aromatic rings. The average molecular weight is 264 g/mol. The van der Waals surface area contributed by atoms with Crippen LogP contribution in [0, 0.1) is 0 Å². The van der Waals surface area contributed by atoms with Crippen molar-refractivity contribution in [2.45, 2.75) is 37.9 Å². The van der Waals surface area contributed by atoms with Crippen LogP contribution in [0.3, 0.4) is 0 Å². The van der Waals surface area contributed by atoms with Crippen molar-refractivity contribution in [2.75, 3.05) is 0 Å². The van der Waals surface area contributed by atoms with Gasteiger partial charge in [0, 0.05) is 11.3 Å². The molecule has 0 saturated carbocycles. The first-order valence-electron chi connectivity index (χ1n) is 6.03. The molecule has 0 heterocycles. The first-order chi connectivity index (χ1) is 8.47. The zero-order chi connectivity index (χ0) is 13.6. The summed E-state index contributed by atoms with van der Waals surface area (Å²) in [6, 6.07) is 10.2. The molecule has 0 spiro atoms. The molecular weight excluding hydrogens is 244 g/mol. The van der Waals surface area contributed by atoms with Crippen LogP contribution in [0.5, 0.6) is 0 Å². The lowest BCUT2D eigenvalue weighted by Crippen LogP contribution is -2.27. The number of benzene rings is 1. The second-order valence-electron chi connectivity index (χ2n) is 4.43. The van der Waals surface area contributed by atoms with Gasteiger partial charge < -0.3 is 4.74 Å². The van der Waals surface area contributed by atoms with Crippen LogP contribution in [0.25, 0.3) is 0 Å². The molecule has 98 valence electrons. The molecule has 18 heavy (non-hydrogen) atoms. The molecular formula is C15H20O2S. The predicted molar refractivity (Wildman–Crippen MR) is 77.3 cm³/mol. The monoisotopic (exact) mass is 264 g/mol. The minimum atomic E-state index is -0.494. The van der Waals surface area contributed by atoms with Crippen molar-refractivity contribution >= 4 is 17.7 Å². The average Bonchev–Trinajstić information content (AvgIpc) is 2.37. The zero-order valence-corrected chi connectivity index (χ0v) is 12.0. The van der Waals surface area contributed by atoms with Gasteiger partial charge in [0.1, 0.15) is 0 Å². The van der Waals surface area contributed by atoms with E-state index in [1.54, 1.807) is 18.7 Å². The minimum Gasteiger partial charge on any atom is -0.445 e. The Hall–Kier alpha value is -1.22. The number of hydrogen-bond donors (Lipinski definition) is 0. The van der Waals surface area contributed by atoms with E-state index in [1.807, 2.05) is 32.0 Å². The number of carbonyl (C=O) groups is 1. The predicted octanol–water partition coefficient (Wildman–Crippen LogP) is 4.17. The van der Waals surface area contributed by atoms with Gasteiger partial charge in [-0.15, -0.1) is 11.8 Å². The highest BCUT2D eigenvalue weighted by Gasteiger charge is 2.27. The third-order valence-electron chi connectivity index (χ3n) is 2.69. The highest BCUT2D eigenvalue weighted by Crippen LogP contribution is 2.33. The standard InChI is InChI=1S/C15H20O2S/c1-5-15(4,17-14(16)12(2)3)18-11-13-9-7-6-8-10-13/h6-10H,2,5,11H2,1,3-4H3. The van der Waals surface area contributed by atoms with Crippen LogP contribution in [-0.2, 0) is 15.3 Å². The van der Waals surface area contributed by atoms with Crippen LogP contribution in [0.2, 0.25) is 0 Å². The lowest BCUT2D eigenvalue weighted by atomic mass is 10.2. The number of ether oxygens (including phenoxy) is 1. The Bertz CT molecular complexity index is 414. The van der Waals surface area contributed by atoms with Gasteiger partial charge in [-0.25, -0.2) is 4.79 Å². The Balaban J connectivity index is 2.60. The van der Waals surface area contributed by atoms with E-state index < -0.39 is 4.93 Å². The Morgan fingerprint density at radius 3 is 2.50 bits per heavy atom. The summed E-state index contributed by atoms with van der Waals surface area (Å²) in [5.41, 5.74) is 1.67. The fraction of sp³-hybridized carbons (Fsp3) is 0.400. The van der Waals surface area contributed by atoms with Gasteiger partial charge in [-0.3, -0.25) is 0 Å². The molecule has 0 amide bonds. The largest absolute Gasteiger partial charge is 0.445 e. The first kappa shape index (κ1) is 14.8. The minimum absolute atomic E-state index is 0.320. The van der Waals surface area contributed by atoms with E-state index in [4.69, 9.17) is 4.74 Å². The van der Waals surface area contributed by atoms with Crippen LogP contribution in [0.4, 0.5) is 0 Å². The Morgan fingerprint density at radius 2 is 2.00 bits per heavy atom. The van der Waals surface area contributed by atoms with Crippen LogP contribution < -0.4 is 0 Å². The smallest absolute Gasteiger partial charge is 0.334 e. The molecule has 0 aliphatic heterocycles. The van der Waals surface area contributed by atoms with Gasteiger partial charge in [0.15, 0.2) is 4.93 Å². The van der Waals surface area contributed by atoms with Gasteiger partial charge in [-0.2, -0.15) is 0 Å². The Labute approximate surface area is 113 Å². The molecule has 1 unspecified atom stereocenters. The summed E-state index contributed by atoms with van der Waals surface area (Å²) in [5, 5.41) is 0. The fourth-order valence-corrected chi connectivity index (χ4v) is 2.30. The van der Waals surface area contributed by atoms with Gasteiger partial charge in [0.2, 0.25) is 0 Å². The fourth-order valence-electron chi connectivity index (χ4n) is 1.30. The van der Waals surface area contributed by atoms with Crippen molar-refractivity contribution in [1.29, 1.82) is 0 Å². The summed E-state index contributed by atoms with van der Waals surface area (Å²) in [6.07, 6.45) is 0.767. The number of rotatable bonds is 6. The normalized spacial score (nSPS) is 13.7. The van der Waals surface area contributed by atoms with E-state index in [1.165, 1.54) is 5.56 Å². The number of thioether (sulfide) groups is 1. The number of carbonyl (C=O) groups excluding carboxylic acids is 1. The molecule has 1 rings (SSSR count). The van der Waals surface area contributed by atoms with Crippen LogP contribution in [-0.4, -0.2) is 10.9 Å². The Morgan fingerprint density at radius 1 is 1.39 bits per heavy atom. The molecule has 0 saturated heterocycles. The molecule has 2 nitrogen and oxygen atoms in total. The van der Waals surface area contributed by atoms with Gasteiger partial charge in [0.25, 0.3) is 0 Å². The summed E-state index contributed by atoms with van der Waals surface area (Å²) in [6.45, 7) is 9.24. The SMILES string of the molecule is C=C(C)C(=O)OC(C)(CC)SCc1ccccc1. The van der Waals surface area contributed by atoms with E-state index in [2.05, 4.69) is 18.7 Å². The third kappa shape index (κ3) is 4.57. The van der Waals surface area contributed by atoms with Crippen molar-refractivity contribution < 1.29 is 9.53 Å². The van der Waals surface area contributed by atoms with Crippen LogP contribution in [0.1, 0.15) is 32.8 Å². The molecule has 1 aromatic carbocycles. The first-order valence-corrected chi connectivity index (χ1v) is 7.02. The van der Waals surface area contributed by atoms with Crippen molar-refractivity contribution in [2.24, 2.45) is 0 Å². The van der Waals surface area contributed by atoms with Gasteiger partial charge >= 0.3 is 5.97 Å². The van der Waals surface area contributed by atoms with Crippen molar-refractivity contribution in [3.63, 3.8) is 0 Å². The maximum atomic E-state index is 11.6. The second kappa shape index (κ2) is 6.64. The molecule has 0 bridgehead atoms. The maximum absolute atomic E-state index is 11.6. The number of hydrogen-bond acceptors (Lipinski definition) is 3. The lowest BCUT2D eigenvalue weighted by molar-refractivity contribution is -0.145. The van der Waals surface area contributed by atoms with Crippen molar-refractivity contribution in [3.05, 3.63) is 48.0 Å². The molecule has 0 aromatic heterocycles. The van der Waals surface area contributed by atoms with E-state index in [0.717, 1.165) is 12.2 Å². The molecule has 0 N–H and O–H groups in total. The molecule has 0 aliphatic rings. The van der Waals surface area contributed by atoms with Crippen molar-refractivity contribution in [3.8, 4) is 0 Å². The molecule has 1 atom stereocenters. The van der Waals surface area contributed by atoms with Gasteiger partial charge in [-0.05, 0) is 25.8 Å². The molecule has 0 fully saturated rings. The second-order valence-corrected chi connectivity index (χ2v) is 5.87. The number of esters is 1. The lowest BCUT2D eigenvalue weighted by Gasteiger charge is -2.27. The highest BCUT2D eigenvalue weighted by molar-refractivity contribution is 7.99. The summed E-state index contributed by atoms with van der Waals surface area (Å²) >= 11 is 1.64. The molecule has 0 radical (unpaired) electrons. The quantitative estimate of drug-likeness (QED) is 0.438. The van der Waals surface area contributed by atoms with E-state index in [9.17, 15) is 4.79 Å². The van der Waals surface area contributed by atoms with Crippen molar-refractivity contribution in [1.82, 2.24) is 0 Å². The van der Waals surface area contributed by atoms with E-state index in [0.29, 0.717) is 5.57 Å². The Kier molecular flexibility index (Phi) is 5.48. The molecule has 0 aliphatic carbocycles. The maximum Gasteiger partial charge on any atom is 0.334 e. The van der Waals surface area contributed by atoms with Gasteiger partial charge in [0.05, 0.1) is 0 Å². The van der Waals surface area contributed by atoms with Gasteiger partial charge in [-0.1, -0.05) is 43.8 Å². The third-order valence-corrected chi connectivity index (χ3v) is 4.15. The topological polar surface area (TPSA) is 26.3 Å². The highest BCUT2D eigenvalue weighted by atomic mass is 32.2. The van der Waals surface area contributed by atoms with Crippen LogP contribution >= 0.6 is 11.8 Å². The summed E-state index contributed by atoms with van der Waals surface area (Å²) in [5.74, 6) is 0.509.